The summed E-state index contributed by atoms with van der Waals surface area (Å²) in [6, 6.07) is 15.2. The van der Waals surface area contributed by atoms with Crippen LogP contribution < -0.4 is 5.56 Å². The first kappa shape index (κ1) is 20.7. The second-order valence-electron chi connectivity index (χ2n) is 7.82. The van der Waals surface area contributed by atoms with E-state index in [0.29, 0.717) is 16.1 Å². The summed E-state index contributed by atoms with van der Waals surface area (Å²) in [5.74, 6) is 0.413. The number of likely N-dealkylation sites (tertiary alicyclic amines) is 1. The Morgan fingerprint density at radius 3 is 2.37 bits per heavy atom. The average Bonchev–Trinajstić information content (AvgIpc) is 2.73. The second kappa shape index (κ2) is 9.47. The van der Waals surface area contributed by atoms with Gasteiger partial charge in [-0.15, -0.1) is 0 Å². The minimum absolute atomic E-state index is 0.106. The van der Waals surface area contributed by atoms with Gasteiger partial charge in [0.1, 0.15) is 0 Å². The summed E-state index contributed by atoms with van der Waals surface area (Å²) in [4.78, 5) is 32.9. The molecule has 156 valence electrons. The number of para-hydroxylation sites is 1. The number of carbonyl (C=O) groups is 1. The lowest BCUT2D eigenvalue weighted by atomic mass is 10.1. The van der Waals surface area contributed by atoms with Crippen LogP contribution in [0.25, 0.3) is 16.6 Å². The van der Waals surface area contributed by atoms with E-state index in [1.165, 1.54) is 31.0 Å². The molecule has 5 nitrogen and oxygen atoms in total. The van der Waals surface area contributed by atoms with Gasteiger partial charge in [0.05, 0.1) is 22.3 Å². The van der Waals surface area contributed by atoms with Crippen molar-refractivity contribution in [3.63, 3.8) is 0 Å². The van der Waals surface area contributed by atoms with Crippen molar-refractivity contribution < 1.29 is 4.79 Å². The van der Waals surface area contributed by atoms with Crippen molar-refractivity contribution in [1.82, 2.24) is 14.5 Å². The molecule has 0 N–H and O–H groups in total. The van der Waals surface area contributed by atoms with Gasteiger partial charge in [0, 0.05) is 13.1 Å². The Balaban J connectivity index is 1.65. The summed E-state index contributed by atoms with van der Waals surface area (Å²) in [5, 5.41) is 1.14. The molecular weight excluding hydrogens is 394 g/mol. The van der Waals surface area contributed by atoms with Gasteiger partial charge in [0.2, 0.25) is 5.91 Å². The van der Waals surface area contributed by atoms with Gasteiger partial charge >= 0.3 is 0 Å². The van der Waals surface area contributed by atoms with Crippen LogP contribution in [-0.4, -0.2) is 39.2 Å². The van der Waals surface area contributed by atoms with Crippen molar-refractivity contribution in [3.05, 3.63) is 64.4 Å². The maximum atomic E-state index is 13.3. The topological polar surface area (TPSA) is 55.2 Å². The van der Waals surface area contributed by atoms with E-state index in [9.17, 15) is 9.59 Å². The lowest BCUT2D eigenvalue weighted by molar-refractivity contribution is -0.128. The molecule has 1 fully saturated rings. The number of benzene rings is 2. The molecule has 1 aliphatic rings. The van der Waals surface area contributed by atoms with Crippen molar-refractivity contribution in [3.8, 4) is 5.69 Å². The summed E-state index contributed by atoms with van der Waals surface area (Å²) >= 11 is 1.35. The van der Waals surface area contributed by atoms with E-state index < -0.39 is 0 Å². The highest BCUT2D eigenvalue weighted by atomic mass is 32.2. The largest absolute Gasteiger partial charge is 0.342 e. The summed E-state index contributed by atoms with van der Waals surface area (Å²) in [6.45, 7) is 3.67. The number of carbonyl (C=O) groups excluding carboxylic acids is 1. The first-order chi connectivity index (χ1) is 14.6. The van der Waals surface area contributed by atoms with Gasteiger partial charge in [0.15, 0.2) is 5.16 Å². The van der Waals surface area contributed by atoms with Crippen molar-refractivity contribution in [2.45, 2.75) is 44.2 Å². The van der Waals surface area contributed by atoms with Crippen LogP contribution in [0.3, 0.4) is 0 Å². The Hall–Kier alpha value is -2.60. The fourth-order valence-corrected chi connectivity index (χ4v) is 4.76. The lowest BCUT2D eigenvalue weighted by Gasteiger charge is -2.24. The van der Waals surface area contributed by atoms with Crippen LogP contribution in [0.2, 0.25) is 0 Å². The number of thioether (sulfide) groups is 1. The van der Waals surface area contributed by atoms with E-state index in [0.717, 1.165) is 37.2 Å². The molecule has 4 rings (SSSR count). The molecule has 1 amide bonds. The third kappa shape index (κ3) is 4.59. The fraction of sp³-hybridized carbons (Fsp3) is 0.375. The summed E-state index contributed by atoms with van der Waals surface area (Å²) in [7, 11) is 0. The first-order valence-electron chi connectivity index (χ1n) is 10.6. The molecule has 3 aromatic rings. The highest BCUT2D eigenvalue weighted by Gasteiger charge is 2.18. The van der Waals surface area contributed by atoms with E-state index in [-0.39, 0.29) is 17.2 Å². The minimum Gasteiger partial charge on any atom is -0.342 e. The summed E-state index contributed by atoms with van der Waals surface area (Å²) in [6.07, 6.45) is 5.78. The normalized spacial score (nSPS) is 15.0. The molecule has 0 bridgehead atoms. The SMILES string of the molecule is Cc1ccc(-n2c(SCC(=O)N3CCCCCCC3)nc3ccccc3c2=O)cc1. The lowest BCUT2D eigenvalue weighted by Crippen LogP contribution is -2.35. The van der Waals surface area contributed by atoms with Crippen molar-refractivity contribution in [2.24, 2.45) is 0 Å². The van der Waals surface area contributed by atoms with Crippen molar-refractivity contribution in [1.29, 1.82) is 0 Å². The van der Waals surface area contributed by atoms with E-state index in [4.69, 9.17) is 4.98 Å². The standard InChI is InChI=1S/C24H27N3O2S/c1-18-11-13-19(14-12-18)27-23(29)20-9-5-6-10-21(20)25-24(27)30-17-22(28)26-15-7-3-2-4-8-16-26/h5-6,9-14H,2-4,7-8,15-17H2,1H3. The van der Waals surface area contributed by atoms with Gasteiger partial charge in [-0.3, -0.25) is 14.2 Å². The molecule has 2 aromatic carbocycles. The second-order valence-corrected chi connectivity index (χ2v) is 8.77. The Labute approximate surface area is 181 Å². The maximum Gasteiger partial charge on any atom is 0.266 e. The Bertz CT molecular complexity index is 1080. The van der Waals surface area contributed by atoms with Crippen LogP contribution in [0.4, 0.5) is 0 Å². The number of aromatic nitrogens is 2. The Morgan fingerprint density at radius 2 is 1.63 bits per heavy atom. The molecule has 0 spiro atoms. The van der Waals surface area contributed by atoms with Crippen LogP contribution in [0.1, 0.15) is 37.7 Å². The molecule has 1 saturated heterocycles. The summed E-state index contributed by atoms with van der Waals surface area (Å²) in [5.41, 5.74) is 2.45. The van der Waals surface area contributed by atoms with E-state index in [1.807, 2.05) is 54.3 Å². The van der Waals surface area contributed by atoms with Crippen LogP contribution in [0.15, 0.2) is 58.5 Å². The molecule has 6 heteroatoms. The zero-order valence-corrected chi connectivity index (χ0v) is 18.2. The number of fused-ring (bicyclic) bond motifs is 1. The fourth-order valence-electron chi connectivity index (χ4n) is 3.85. The van der Waals surface area contributed by atoms with Gasteiger partial charge in [-0.25, -0.2) is 4.98 Å². The molecule has 1 aliphatic heterocycles. The van der Waals surface area contributed by atoms with Gasteiger partial charge in [-0.2, -0.15) is 0 Å². The van der Waals surface area contributed by atoms with E-state index >= 15 is 0 Å². The van der Waals surface area contributed by atoms with Crippen molar-refractivity contribution in [2.75, 3.05) is 18.8 Å². The molecule has 30 heavy (non-hydrogen) atoms. The Morgan fingerprint density at radius 1 is 0.967 bits per heavy atom. The van der Waals surface area contributed by atoms with Gasteiger partial charge in [-0.05, 0) is 44.0 Å². The van der Waals surface area contributed by atoms with Gasteiger partial charge in [-0.1, -0.05) is 60.9 Å². The molecule has 0 unspecified atom stereocenters. The number of hydrogen-bond acceptors (Lipinski definition) is 4. The molecular formula is C24H27N3O2S. The summed E-state index contributed by atoms with van der Waals surface area (Å²) < 4.78 is 1.63. The monoisotopic (exact) mass is 421 g/mol. The zero-order valence-electron chi connectivity index (χ0n) is 17.3. The zero-order chi connectivity index (χ0) is 20.9. The maximum absolute atomic E-state index is 13.3. The molecule has 1 aromatic heterocycles. The van der Waals surface area contributed by atoms with Crippen LogP contribution >= 0.6 is 11.8 Å². The highest BCUT2D eigenvalue weighted by Crippen LogP contribution is 2.22. The predicted octanol–water partition coefficient (Wildman–Crippen LogP) is 4.58. The number of amides is 1. The van der Waals surface area contributed by atoms with Crippen LogP contribution in [-0.2, 0) is 4.79 Å². The molecule has 0 saturated carbocycles. The molecule has 2 heterocycles. The minimum atomic E-state index is -0.106. The van der Waals surface area contributed by atoms with Gasteiger partial charge < -0.3 is 4.90 Å². The smallest absolute Gasteiger partial charge is 0.266 e. The highest BCUT2D eigenvalue weighted by molar-refractivity contribution is 7.99. The third-order valence-electron chi connectivity index (χ3n) is 5.57. The number of nitrogens with zero attached hydrogens (tertiary/aromatic N) is 3. The van der Waals surface area contributed by atoms with Crippen LogP contribution in [0.5, 0.6) is 0 Å². The number of hydrogen-bond donors (Lipinski definition) is 0. The molecule has 0 atom stereocenters. The van der Waals surface area contributed by atoms with E-state index in [2.05, 4.69) is 0 Å². The average molecular weight is 422 g/mol. The van der Waals surface area contributed by atoms with E-state index in [1.54, 1.807) is 10.6 Å². The Kier molecular flexibility index (Phi) is 6.53. The molecule has 0 radical (unpaired) electrons. The number of rotatable bonds is 4. The quantitative estimate of drug-likeness (QED) is 0.457. The van der Waals surface area contributed by atoms with Gasteiger partial charge in [0.25, 0.3) is 5.56 Å². The third-order valence-corrected chi connectivity index (χ3v) is 6.49. The predicted molar refractivity (Wildman–Crippen MR) is 122 cm³/mol. The molecule has 0 aliphatic carbocycles. The van der Waals surface area contributed by atoms with Crippen LogP contribution in [0, 0.1) is 6.92 Å². The van der Waals surface area contributed by atoms with Crippen molar-refractivity contribution >= 4 is 28.6 Å². The number of aryl methyl sites for hydroxylation is 1. The first-order valence-corrected chi connectivity index (χ1v) is 11.6.